The Morgan fingerprint density at radius 1 is 1.02 bits per heavy atom. The number of carbonyl (C=O) groups excluding carboxylic acids is 2. The van der Waals surface area contributed by atoms with E-state index in [1.807, 2.05) is 20.8 Å². The molecule has 2 amide bonds. The number of carboxylic acid groups (broad SMARTS) is 1. The fourth-order valence-electron chi connectivity index (χ4n) is 5.85. The van der Waals surface area contributed by atoms with Crippen LogP contribution < -0.4 is 10.2 Å². The van der Waals surface area contributed by atoms with Gasteiger partial charge in [0.15, 0.2) is 0 Å². The minimum atomic E-state index is -1.04. The number of alkyl carbamates (subject to hydrolysis) is 1. The third kappa shape index (κ3) is 8.23. The number of anilines is 1. The number of nitrogens with zero attached hydrogens (tertiary/aromatic N) is 1. The van der Waals surface area contributed by atoms with Gasteiger partial charge in [0.2, 0.25) is 5.91 Å². The molecule has 0 aromatic carbocycles. The summed E-state index contributed by atoms with van der Waals surface area (Å²) in [6.45, 7) is 9.48. The first-order chi connectivity index (χ1) is 19.0. The van der Waals surface area contributed by atoms with Crippen molar-refractivity contribution in [3.63, 3.8) is 0 Å². The summed E-state index contributed by atoms with van der Waals surface area (Å²) in [7, 11) is 0. The quantitative estimate of drug-likeness (QED) is 0.392. The number of thiophene rings is 1. The molecule has 2 saturated carbocycles. The molecule has 0 spiro atoms. The standard InChI is InChI=1S/C31H44N2O6S/c1-20-5-7-21(8-6-20)28(34)33(26-19-25(13-16-31(2,3)4)40-27(26)29(35)36)23-11-9-22(10-12-23)32-30(37)39-24-14-17-38-18-15-24/h19-24H,5-12,14-15,17-18H2,1-4H3,(H,32,37)(H,35,36). The highest BCUT2D eigenvalue weighted by Gasteiger charge is 2.38. The van der Waals surface area contributed by atoms with Crippen LogP contribution in [0, 0.1) is 29.1 Å². The predicted molar refractivity (Wildman–Crippen MR) is 156 cm³/mol. The number of aromatic carboxylic acids is 1. The lowest BCUT2D eigenvalue weighted by Gasteiger charge is -2.39. The first-order valence-electron chi connectivity index (χ1n) is 14.8. The Morgan fingerprint density at radius 2 is 1.68 bits per heavy atom. The fraction of sp³-hybridized carbons (Fsp3) is 0.710. The second kappa shape index (κ2) is 13.4. The molecule has 1 saturated heterocycles. The summed E-state index contributed by atoms with van der Waals surface area (Å²) in [5, 5.41) is 13.1. The van der Waals surface area contributed by atoms with Crippen molar-refractivity contribution in [1.82, 2.24) is 5.32 Å². The van der Waals surface area contributed by atoms with Crippen LogP contribution >= 0.6 is 11.3 Å². The van der Waals surface area contributed by atoms with Gasteiger partial charge < -0.3 is 24.8 Å². The third-order valence-electron chi connectivity index (χ3n) is 8.16. The smallest absolute Gasteiger partial charge is 0.407 e. The Morgan fingerprint density at radius 3 is 2.27 bits per heavy atom. The zero-order chi connectivity index (χ0) is 28.9. The van der Waals surface area contributed by atoms with Crippen LogP contribution in [-0.2, 0) is 14.3 Å². The highest BCUT2D eigenvalue weighted by molar-refractivity contribution is 7.15. The first-order valence-corrected chi connectivity index (χ1v) is 15.6. The molecule has 1 aromatic rings. The van der Waals surface area contributed by atoms with Gasteiger partial charge in [0.1, 0.15) is 11.0 Å². The van der Waals surface area contributed by atoms with Gasteiger partial charge in [-0.15, -0.1) is 11.3 Å². The van der Waals surface area contributed by atoms with E-state index in [9.17, 15) is 19.5 Å². The van der Waals surface area contributed by atoms with Gasteiger partial charge in [-0.1, -0.05) is 18.8 Å². The second-order valence-corrected chi connectivity index (χ2v) is 13.7. The maximum atomic E-state index is 14.1. The fourth-order valence-corrected chi connectivity index (χ4v) is 6.69. The van der Waals surface area contributed by atoms with Crippen LogP contribution in [0.2, 0.25) is 0 Å². The molecule has 0 radical (unpaired) electrons. The molecule has 4 rings (SSSR count). The molecule has 2 N–H and O–H groups in total. The Kier molecular flexibility index (Phi) is 10.2. The summed E-state index contributed by atoms with van der Waals surface area (Å²) in [5.74, 6) is 5.82. The zero-order valence-corrected chi connectivity index (χ0v) is 25.1. The second-order valence-electron chi connectivity index (χ2n) is 12.7. The number of carbonyl (C=O) groups is 3. The lowest BCUT2D eigenvalue weighted by molar-refractivity contribution is -0.124. The molecule has 40 heavy (non-hydrogen) atoms. The topological polar surface area (TPSA) is 105 Å². The van der Waals surface area contributed by atoms with Crippen LogP contribution in [-0.4, -0.2) is 54.5 Å². The van der Waals surface area contributed by atoms with Crippen molar-refractivity contribution in [1.29, 1.82) is 0 Å². The van der Waals surface area contributed by atoms with Crippen molar-refractivity contribution in [3.05, 3.63) is 15.8 Å². The van der Waals surface area contributed by atoms with Gasteiger partial charge in [0, 0.05) is 36.3 Å². The lowest BCUT2D eigenvalue weighted by atomic mass is 9.81. The van der Waals surface area contributed by atoms with Crippen LogP contribution in [0.3, 0.4) is 0 Å². The van der Waals surface area contributed by atoms with Crippen LogP contribution in [0.4, 0.5) is 10.5 Å². The Hall–Kier alpha value is -2.57. The average molecular weight is 573 g/mol. The predicted octanol–water partition coefficient (Wildman–Crippen LogP) is 6.22. The summed E-state index contributed by atoms with van der Waals surface area (Å²) >= 11 is 1.14. The van der Waals surface area contributed by atoms with E-state index < -0.39 is 12.1 Å². The van der Waals surface area contributed by atoms with Gasteiger partial charge in [-0.25, -0.2) is 9.59 Å². The van der Waals surface area contributed by atoms with E-state index in [1.165, 1.54) is 0 Å². The molecule has 0 atom stereocenters. The van der Waals surface area contributed by atoms with Gasteiger partial charge in [-0.2, -0.15) is 0 Å². The van der Waals surface area contributed by atoms with E-state index in [-0.39, 0.29) is 40.3 Å². The zero-order valence-electron chi connectivity index (χ0n) is 24.3. The van der Waals surface area contributed by atoms with Crippen LogP contribution in [0.25, 0.3) is 0 Å². The molecule has 2 heterocycles. The van der Waals surface area contributed by atoms with Crippen molar-refractivity contribution < 1.29 is 29.0 Å². The van der Waals surface area contributed by atoms with Crippen molar-refractivity contribution in [3.8, 4) is 11.8 Å². The van der Waals surface area contributed by atoms with Crippen molar-refractivity contribution in [2.75, 3.05) is 18.1 Å². The third-order valence-corrected chi connectivity index (χ3v) is 9.18. The maximum Gasteiger partial charge on any atom is 0.407 e. The van der Waals surface area contributed by atoms with Gasteiger partial charge in [-0.3, -0.25) is 4.79 Å². The van der Waals surface area contributed by atoms with Gasteiger partial charge in [0.05, 0.1) is 23.8 Å². The largest absolute Gasteiger partial charge is 0.477 e. The molecule has 8 nitrogen and oxygen atoms in total. The van der Waals surface area contributed by atoms with Crippen molar-refractivity contribution in [2.45, 2.75) is 110 Å². The summed E-state index contributed by atoms with van der Waals surface area (Å²) in [6.07, 6.45) is 7.34. The molecule has 0 unspecified atom stereocenters. The van der Waals surface area contributed by atoms with Gasteiger partial charge in [0.25, 0.3) is 0 Å². The van der Waals surface area contributed by atoms with E-state index in [0.29, 0.717) is 68.2 Å². The van der Waals surface area contributed by atoms with E-state index in [1.54, 1.807) is 11.0 Å². The molecular weight excluding hydrogens is 528 g/mol. The molecular formula is C31H44N2O6S. The highest BCUT2D eigenvalue weighted by atomic mass is 32.1. The molecule has 1 aromatic heterocycles. The number of carboxylic acids is 1. The average Bonchev–Trinajstić information content (AvgIpc) is 3.33. The molecule has 0 bridgehead atoms. The highest BCUT2D eigenvalue weighted by Crippen LogP contribution is 2.39. The molecule has 2 aliphatic carbocycles. The van der Waals surface area contributed by atoms with Crippen molar-refractivity contribution >= 4 is 35.0 Å². The lowest BCUT2D eigenvalue weighted by Crippen LogP contribution is -2.49. The van der Waals surface area contributed by atoms with E-state index >= 15 is 0 Å². The van der Waals surface area contributed by atoms with E-state index in [4.69, 9.17) is 9.47 Å². The number of ether oxygens (including phenoxy) is 2. The van der Waals surface area contributed by atoms with Crippen LogP contribution in [0.5, 0.6) is 0 Å². The molecule has 220 valence electrons. The van der Waals surface area contributed by atoms with Crippen LogP contribution in [0.15, 0.2) is 6.07 Å². The Bertz CT molecular complexity index is 1110. The van der Waals surface area contributed by atoms with Crippen LogP contribution in [0.1, 0.15) is 106 Å². The van der Waals surface area contributed by atoms with E-state index in [0.717, 1.165) is 37.0 Å². The molecule has 3 aliphatic rings. The number of rotatable bonds is 6. The van der Waals surface area contributed by atoms with Gasteiger partial charge >= 0.3 is 12.1 Å². The summed E-state index contributed by atoms with van der Waals surface area (Å²) < 4.78 is 10.9. The van der Waals surface area contributed by atoms with E-state index in [2.05, 4.69) is 24.1 Å². The van der Waals surface area contributed by atoms with Crippen molar-refractivity contribution in [2.24, 2.45) is 17.3 Å². The minimum Gasteiger partial charge on any atom is -0.477 e. The SMILES string of the molecule is CC1CCC(C(=O)N(c2cc(C#CC(C)(C)C)sc2C(=O)O)C2CCC(NC(=O)OC3CCOCC3)CC2)CC1. The molecule has 3 fully saturated rings. The maximum absolute atomic E-state index is 14.1. The summed E-state index contributed by atoms with van der Waals surface area (Å²) in [4.78, 5) is 41.6. The summed E-state index contributed by atoms with van der Waals surface area (Å²) in [6, 6.07) is 1.63. The monoisotopic (exact) mass is 572 g/mol. The first kappa shape index (κ1) is 30.4. The molecule has 1 aliphatic heterocycles. The number of hydrogen-bond acceptors (Lipinski definition) is 6. The van der Waals surface area contributed by atoms with Gasteiger partial charge in [-0.05, 0) is 84.1 Å². The number of nitrogens with one attached hydrogen (secondary N) is 1. The minimum absolute atomic E-state index is 0.0258. The summed E-state index contributed by atoms with van der Waals surface area (Å²) in [5.41, 5.74) is 0.244. The number of hydrogen-bond donors (Lipinski definition) is 2. The number of amides is 2. The Labute approximate surface area is 242 Å². The molecule has 9 heteroatoms. The normalized spacial score (nSPS) is 25.8. The Balaban J connectivity index is 1.52.